The number of benzene rings is 9. The molecule has 0 aromatic heterocycles. The van der Waals surface area contributed by atoms with Gasteiger partial charge in [0.15, 0.2) is 0 Å². The minimum atomic E-state index is -0.302. The van der Waals surface area contributed by atoms with Crippen LogP contribution in [0.2, 0.25) is 0 Å². The maximum Gasteiger partial charge on any atom is 0.261 e. The predicted octanol–water partition coefficient (Wildman–Crippen LogP) is 13.2. The molecule has 0 aliphatic carbocycles. The second-order valence-electron chi connectivity index (χ2n) is 16.6. The van der Waals surface area contributed by atoms with Crippen molar-refractivity contribution in [2.45, 2.75) is 39.5 Å². The van der Waals surface area contributed by atoms with Gasteiger partial charge in [0.2, 0.25) is 0 Å². The molecule has 0 saturated heterocycles. The third-order valence-electron chi connectivity index (χ3n) is 13.0. The van der Waals surface area contributed by atoms with E-state index < -0.39 is 0 Å². The van der Waals surface area contributed by atoms with Crippen LogP contribution in [0.3, 0.4) is 0 Å². The number of fused-ring (bicyclic) bond motifs is 2. The molecule has 9 aromatic rings. The Bertz CT molecular complexity index is 2890. The molecule has 2 aliphatic heterocycles. The van der Waals surface area contributed by atoms with Gasteiger partial charge in [-0.25, -0.2) is 0 Å². The Balaban J connectivity index is 1.48. The van der Waals surface area contributed by atoms with E-state index in [1.807, 2.05) is 97.1 Å². The molecule has 6 heteroatoms. The standard InChI is InChI=1S/C56H42N2O4/c1-3-5-27-57-53(59)41-29-37(33-19-11-7-12-20-33)47-49-39(35-23-15-9-16-24-35)31-43-46-44(56(62)58(55(43)61)28-6-4-2)32-40(36-25-17-10-18-26-36)50(52(46)49)48-38(34-21-13-8-14-22-34)30-42(54(57)60)45(41)51(47)48/h7-26,29-32H,3-6,27-28H2,1-2H3. The van der Waals surface area contributed by atoms with E-state index in [0.29, 0.717) is 59.0 Å². The quantitative estimate of drug-likeness (QED) is 0.0784. The topological polar surface area (TPSA) is 74.8 Å². The van der Waals surface area contributed by atoms with Crippen molar-refractivity contribution in [1.82, 2.24) is 9.80 Å². The molecule has 0 saturated carbocycles. The van der Waals surface area contributed by atoms with Crippen molar-refractivity contribution < 1.29 is 19.2 Å². The fourth-order valence-corrected chi connectivity index (χ4v) is 10.2. The molecule has 0 unspecified atom stereocenters. The largest absolute Gasteiger partial charge is 0.274 e. The minimum Gasteiger partial charge on any atom is -0.274 e. The number of hydrogen-bond donors (Lipinski definition) is 0. The minimum absolute atomic E-state index is 0.302. The molecule has 0 N–H and O–H groups in total. The van der Waals surface area contributed by atoms with Crippen LogP contribution in [-0.4, -0.2) is 46.5 Å². The summed E-state index contributed by atoms with van der Waals surface area (Å²) in [5.41, 5.74) is 8.95. The highest BCUT2D eigenvalue weighted by molar-refractivity contribution is 6.47. The second kappa shape index (κ2) is 14.6. The van der Waals surface area contributed by atoms with Crippen molar-refractivity contribution in [3.8, 4) is 44.5 Å². The molecule has 0 bridgehead atoms. The molecule has 9 aromatic carbocycles. The third kappa shape index (κ3) is 5.42. The lowest BCUT2D eigenvalue weighted by Gasteiger charge is -2.33. The Morgan fingerprint density at radius 3 is 0.774 bits per heavy atom. The zero-order valence-corrected chi connectivity index (χ0v) is 34.6. The van der Waals surface area contributed by atoms with Gasteiger partial charge in [-0.15, -0.1) is 0 Å². The SMILES string of the molecule is CCCCN1C(=O)c2cc(-c3ccccc3)c3c4c(-c5ccccc5)cc5c6c(cc(-c7ccccc7)c(c7c(-c8ccccc8)cc(c2c37)C1=O)c64)C(=O)N(CCCC)C5=O. The molecule has 11 rings (SSSR count). The lowest BCUT2D eigenvalue weighted by molar-refractivity contribution is 0.0593. The average Bonchev–Trinajstić information content (AvgIpc) is 3.32. The molecule has 62 heavy (non-hydrogen) atoms. The number of imide groups is 2. The number of carbonyl (C=O) groups is 4. The molecule has 2 aliphatic rings. The summed E-state index contributed by atoms with van der Waals surface area (Å²) in [6, 6.07) is 48.5. The Hall–Kier alpha value is -7.44. The Morgan fingerprint density at radius 1 is 0.306 bits per heavy atom. The van der Waals surface area contributed by atoms with E-state index in [9.17, 15) is 19.2 Å². The average molecular weight is 807 g/mol. The van der Waals surface area contributed by atoms with Gasteiger partial charge in [0.25, 0.3) is 23.6 Å². The van der Waals surface area contributed by atoms with Crippen molar-refractivity contribution in [1.29, 1.82) is 0 Å². The van der Waals surface area contributed by atoms with Crippen LogP contribution in [0.4, 0.5) is 0 Å². The smallest absolute Gasteiger partial charge is 0.261 e. The van der Waals surface area contributed by atoms with Gasteiger partial charge in [0.05, 0.1) is 0 Å². The van der Waals surface area contributed by atoms with Gasteiger partial charge in [0.1, 0.15) is 0 Å². The van der Waals surface area contributed by atoms with E-state index in [2.05, 4.69) is 62.4 Å². The summed E-state index contributed by atoms with van der Waals surface area (Å²) in [5, 5.41) is 6.37. The number of nitrogens with zero attached hydrogens (tertiary/aromatic N) is 2. The summed E-state index contributed by atoms with van der Waals surface area (Å²) in [5.74, 6) is -1.21. The highest BCUT2D eigenvalue weighted by atomic mass is 16.2. The molecule has 4 amide bonds. The van der Waals surface area contributed by atoms with E-state index in [0.717, 1.165) is 89.7 Å². The van der Waals surface area contributed by atoms with Gasteiger partial charge in [-0.1, -0.05) is 148 Å². The molecule has 2 heterocycles. The number of carbonyl (C=O) groups excluding carboxylic acids is 4. The normalized spacial score (nSPS) is 13.8. The Kier molecular flexibility index (Phi) is 8.86. The van der Waals surface area contributed by atoms with Gasteiger partial charge in [-0.05, 0) is 103 Å². The molecule has 0 fully saturated rings. The van der Waals surface area contributed by atoms with Crippen LogP contribution in [0.1, 0.15) is 81.0 Å². The zero-order chi connectivity index (χ0) is 42.2. The predicted molar refractivity (Wildman–Crippen MR) is 250 cm³/mol. The number of rotatable bonds is 10. The molecule has 0 atom stereocenters. The van der Waals surface area contributed by atoms with Gasteiger partial charge in [0, 0.05) is 56.9 Å². The van der Waals surface area contributed by atoms with Crippen molar-refractivity contribution >= 4 is 66.7 Å². The van der Waals surface area contributed by atoms with Crippen LogP contribution in [0.15, 0.2) is 146 Å². The van der Waals surface area contributed by atoms with Crippen LogP contribution < -0.4 is 0 Å². The summed E-state index contributed by atoms with van der Waals surface area (Å²) >= 11 is 0. The zero-order valence-electron chi connectivity index (χ0n) is 34.6. The number of unbranched alkanes of at least 4 members (excludes halogenated alkanes) is 2. The van der Waals surface area contributed by atoms with Crippen LogP contribution >= 0.6 is 0 Å². The Morgan fingerprint density at radius 2 is 0.548 bits per heavy atom. The summed E-state index contributed by atoms with van der Waals surface area (Å²) in [7, 11) is 0. The van der Waals surface area contributed by atoms with Gasteiger partial charge < -0.3 is 0 Å². The maximum atomic E-state index is 14.9. The molecular formula is C56H42N2O4. The van der Waals surface area contributed by atoms with E-state index in [-0.39, 0.29) is 23.6 Å². The third-order valence-corrected chi connectivity index (χ3v) is 13.0. The van der Waals surface area contributed by atoms with Gasteiger partial charge in [-0.3, -0.25) is 29.0 Å². The first-order chi connectivity index (χ1) is 30.4. The lowest BCUT2D eigenvalue weighted by Crippen LogP contribution is -2.41. The monoisotopic (exact) mass is 806 g/mol. The first-order valence-electron chi connectivity index (χ1n) is 21.7. The fourth-order valence-electron chi connectivity index (χ4n) is 10.2. The number of hydrogen-bond acceptors (Lipinski definition) is 4. The maximum absolute atomic E-state index is 14.9. The molecule has 6 nitrogen and oxygen atoms in total. The van der Waals surface area contributed by atoms with E-state index in [1.165, 1.54) is 9.80 Å². The van der Waals surface area contributed by atoms with Gasteiger partial charge >= 0.3 is 0 Å². The highest BCUT2D eigenvalue weighted by Crippen LogP contribution is 2.56. The van der Waals surface area contributed by atoms with Crippen molar-refractivity contribution in [2.24, 2.45) is 0 Å². The highest BCUT2D eigenvalue weighted by Gasteiger charge is 2.40. The van der Waals surface area contributed by atoms with Crippen LogP contribution in [0.25, 0.3) is 87.6 Å². The summed E-state index contributed by atoms with van der Waals surface area (Å²) in [6.45, 7) is 4.76. The van der Waals surface area contributed by atoms with Crippen molar-refractivity contribution in [3.05, 3.63) is 168 Å². The Labute approximate surface area is 359 Å². The molecule has 0 spiro atoms. The lowest BCUT2D eigenvalue weighted by atomic mass is 9.74. The van der Waals surface area contributed by atoms with Crippen LogP contribution in [0.5, 0.6) is 0 Å². The molecular weight excluding hydrogens is 765 g/mol. The summed E-state index contributed by atoms with van der Waals surface area (Å²) in [4.78, 5) is 62.6. The van der Waals surface area contributed by atoms with E-state index in [1.54, 1.807) is 0 Å². The second-order valence-corrected chi connectivity index (χ2v) is 16.6. The summed E-state index contributed by atoms with van der Waals surface area (Å²) < 4.78 is 0. The van der Waals surface area contributed by atoms with Crippen molar-refractivity contribution in [2.75, 3.05) is 13.1 Å². The molecule has 300 valence electrons. The van der Waals surface area contributed by atoms with Crippen LogP contribution in [-0.2, 0) is 0 Å². The first-order valence-corrected chi connectivity index (χ1v) is 21.7. The fraction of sp³-hybridized carbons (Fsp3) is 0.143. The first kappa shape index (κ1) is 37.6. The van der Waals surface area contributed by atoms with Gasteiger partial charge in [-0.2, -0.15) is 0 Å². The molecule has 0 radical (unpaired) electrons. The van der Waals surface area contributed by atoms with E-state index in [4.69, 9.17) is 0 Å². The summed E-state index contributed by atoms with van der Waals surface area (Å²) in [6.07, 6.45) is 3.05. The van der Waals surface area contributed by atoms with Crippen LogP contribution in [0, 0.1) is 0 Å². The number of amides is 4. The van der Waals surface area contributed by atoms with Crippen molar-refractivity contribution in [3.63, 3.8) is 0 Å². The van der Waals surface area contributed by atoms with E-state index >= 15 is 0 Å².